The number of rotatable bonds is 3. The summed E-state index contributed by atoms with van der Waals surface area (Å²) >= 11 is 0. The van der Waals surface area contributed by atoms with Gasteiger partial charge in [0, 0.05) is 11.6 Å². The van der Waals surface area contributed by atoms with Crippen molar-refractivity contribution in [3.63, 3.8) is 0 Å². The van der Waals surface area contributed by atoms with Gasteiger partial charge in [-0.3, -0.25) is 0 Å². The first-order valence-corrected chi connectivity index (χ1v) is 6.83. The monoisotopic (exact) mass is 276 g/mol. The Hall–Kier alpha value is -2.94. The van der Waals surface area contributed by atoms with E-state index in [0.717, 1.165) is 11.4 Å². The molecule has 1 saturated carbocycles. The van der Waals surface area contributed by atoms with Crippen LogP contribution in [0.3, 0.4) is 0 Å². The fourth-order valence-electron chi connectivity index (χ4n) is 2.21. The fraction of sp³-hybridized carbons (Fsp3) is 0.200. The third kappa shape index (κ3) is 2.19. The molecule has 0 aliphatic heterocycles. The van der Waals surface area contributed by atoms with Crippen molar-refractivity contribution in [1.82, 2.24) is 19.8 Å². The maximum atomic E-state index is 9.00. The van der Waals surface area contributed by atoms with Crippen molar-refractivity contribution in [1.29, 1.82) is 5.26 Å². The van der Waals surface area contributed by atoms with Gasteiger partial charge in [0.15, 0.2) is 11.5 Å². The van der Waals surface area contributed by atoms with Crippen LogP contribution < -0.4 is 5.32 Å². The molecule has 6 nitrogen and oxygen atoms in total. The summed E-state index contributed by atoms with van der Waals surface area (Å²) in [7, 11) is 0. The maximum Gasteiger partial charge on any atom is 0.185 e. The minimum atomic E-state index is 0.539. The molecule has 1 aliphatic carbocycles. The summed E-state index contributed by atoms with van der Waals surface area (Å²) in [6.45, 7) is 0. The van der Waals surface area contributed by atoms with E-state index in [1.54, 1.807) is 16.6 Å². The summed E-state index contributed by atoms with van der Waals surface area (Å²) in [6, 6.07) is 13.8. The van der Waals surface area contributed by atoms with Gasteiger partial charge in [-0.2, -0.15) is 9.78 Å². The maximum absolute atomic E-state index is 9.00. The number of hydrogen-bond donors (Lipinski definition) is 1. The number of nitriles is 1. The molecule has 1 N–H and O–H groups in total. The third-order valence-corrected chi connectivity index (χ3v) is 3.44. The van der Waals surface area contributed by atoms with E-state index in [9.17, 15) is 0 Å². The second-order valence-electron chi connectivity index (χ2n) is 5.12. The van der Waals surface area contributed by atoms with E-state index in [0.29, 0.717) is 23.1 Å². The lowest BCUT2D eigenvalue weighted by Crippen LogP contribution is -2.06. The second-order valence-corrected chi connectivity index (χ2v) is 5.12. The molecule has 1 fully saturated rings. The van der Waals surface area contributed by atoms with E-state index >= 15 is 0 Å². The van der Waals surface area contributed by atoms with Crippen LogP contribution in [0.15, 0.2) is 36.4 Å². The fourth-order valence-corrected chi connectivity index (χ4v) is 2.21. The molecule has 6 heteroatoms. The van der Waals surface area contributed by atoms with Gasteiger partial charge in [-0.05, 0) is 37.1 Å². The largest absolute Gasteiger partial charge is 0.366 e. The molecule has 0 saturated heterocycles. The van der Waals surface area contributed by atoms with Crippen LogP contribution in [0.25, 0.3) is 17.0 Å². The standard InChI is InChI=1S/C15H12N6/c16-9-10-2-1-3-11(8-10)15-19-18-14-7-6-13(20-21(14)15)17-12-4-5-12/h1-3,6-8,12H,4-5H2,(H,17,20). The van der Waals surface area contributed by atoms with Crippen molar-refractivity contribution in [3.05, 3.63) is 42.0 Å². The molecule has 4 rings (SSSR count). The highest BCUT2D eigenvalue weighted by Crippen LogP contribution is 2.24. The minimum Gasteiger partial charge on any atom is -0.366 e. The van der Waals surface area contributed by atoms with E-state index in [-0.39, 0.29) is 0 Å². The smallest absolute Gasteiger partial charge is 0.185 e. The zero-order valence-corrected chi connectivity index (χ0v) is 11.2. The summed E-state index contributed by atoms with van der Waals surface area (Å²) in [5.41, 5.74) is 2.11. The Labute approximate surface area is 121 Å². The highest BCUT2D eigenvalue weighted by atomic mass is 15.4. The predicted octanol–water partition coefficient (Wildman–Crippen LogP) is 2.24. The van der Waals surface area contributed by atoms with Gasteiger partial charge >= 0.3 is 0 Å². The van der Waals surface area contributed by atoms with E-state index in [1.807, 2.05) is 24.3 Å². The summed E-state index contributed by atoms with van der Waals surface area (Å²) in [5.74, 6) is 1.46. The van der Waals surface area contributed by atoms with E-state index in [1.165, 1.54) is 12.8 Å². The van der Waals surface area contributed by atoms with Crippen LogP contribution in [-0.4, -0.2) is 25.9 Å². The van der Waals surface area contributed by atoms with Crippen LogP contribution in [0.2, 0.25) is 0 Å². The molecule has 3 aromatic rings. The van der Waals surface area contributed by atoms with Gasteiger partial charge in [0.25, 0.3) is 0 Å². The minimum absolute atomic E-state index is 0.539. The first-order valence-electron chi connectivity index (χ1n) is 6.83. The quantitative estimate of drug-likeness (QED) is 0.793. The van der Waals surface area contributed by atoms with Crippen molar-refractivity contribution in [2.24, 2.45) is 0 Å². The zero-order chi connectivity index (χ0) is 14.2. The number of fused-ring (bicyclic) bond motifs is 1. The Kier molecular flexibility index (Phi) is 2.57. The molecular formula is C15H12N6. The van der Waals surface area contributed by atoms with Crippen LogP contribution in [0, 0.1) is 11.3 Å². The Bertz CT molecular complexity index is 856. The summed E-state index contributed by atoms with van der Waals surface area (Å²) in [5, 5.41) is 25.2. The molecule has 21 heavy (non-hydrogen) atoms. The second kappa shape index (κ2) is 4.56. The van der Waals surface area contributed by atoms with Crippen molar-refractivity contribution < 1.29 is 0 Å². The van der Waals surface area contributed by atoms with Crippen molar-refractivity contribution in [3.8, 4) is 17.5 Å². The van der Waals surface area contributed by atoms with Gasteiger partial charge < -0.3 is 5.32 Å². The Balaban J connectivity index is 1.81. The molecule has 0 bridgehead atoms. The van der Waals surface area contributed by atoms with Crippen molar-refractivity contribution in [2.75, 3.05) is 5.32 Å². The Morgan fingerprint density at radius 2 is 2.10 bits per heavy atom. The van der Waals surface area contributed by atoms with Gasteiger partial charge in [0.2, 0.25) is 0 Å². The highest BCUT2D eigenvalue weighted by Gasteiger charge is 2.21. The van der Waals surface area contributed by atoms with Crippen LogP contribution in [0.5, 0.6) is 0 Å². The zero-order valence-electron chi connectivity index (χ0n) is 11.2. The summed E-state index contributed by atoms with van der Waals surface area (Å²) < 4.78 is 1.71. The summed E-state index contributed by atoms with van der Waals surface area (Å²) in [4.78, 5) is 0. The number of nitrogens with one attached hydrogen (secondary N) is 1. The number of hydrogen-bond acceptors (Lipinski definition) is 5. The first kappa shape index (κ1) is 11.9. The molecule has 0 amide bonds. The molecule has 0 atom stereocenters. The summed E-state index contributed by atoms with van der Waals surface area (Å²) in [6.07, 6.45) is 2.39. The van der Waals surface area contributed by atoms with Gasteiger partial charge in [0.05, 0.1) is 11.6 Å². The number of benzene rings is 1. The van der Waals surface area contributed by atoms with Gasteiger partial charge in [-0.15, -0.1) is 15.3 Å². The van der Waals surface area contributed by atoms with E-state index in [2.05, 4.69) is 26.7 Å². The van der Waals surface area contributed by atoms with Crippen LogP contribution >= 0.6 is 0 Å². The molecule has 0 spiro atoms. The molecular weight excluding hydrogens is 264 g/mol. The molecule has 2 aromatic heterocycles. The third-order valence-electron chi connectivity index (χ3n) is 3.44. The molecule has 0 unspecified atom stereocenters. The number of nitrogens with zero attached hydrogens (tertiary/aromatic N) is 5. The average molecular weight is 276 g/mol. The lowest BCUT2D eigenvalue weighted by atomic mass is 10.1. The van der Waals surface area contributed by atoms with Gasteiger partial charge in [-0.25, -0.2) is 0 Å². The normalized spacial score (nSPS) is 14.0. The van der Waals surface area contributed by atoms with Crippen LogP contribution in [0.1, 0.15) is 18.4 Å². The van der Waals surface area contributed by atoms with E-state index < -0.39 is 0 Å². The predicted molar refractivity (Wildman–Crippen MR) is 77.6 cm³/mol. The number of anilines is 1. The number of aromatic nitrogens is 4. The molecule has 2 heterocycles. The van der Waals surface area contributed by atoms with Gasteiger partial charge in [-0.1, -0.05) is 12.1 Å². The Morgan fingerprint density at radius 1 is 1.19 bits per heavy atom. The van der Waals surface area contributed by atoms with Crippen LogP contribution in [-0.2, 0) is 0 Å². The lowest BCUT2D eigenvalue weighted by molar-refractivity contribution is 0.924. The molecule has 0 radical (unpaired) electrons. The van der Waals surface area contributed by atoms with Crippen LogP contribution in [0.4, 0.5) is 5.82 Å². The van der Waals surface area contributed by atoms with Crippen molar-refractivity contribution in [2.45, 2.75) is 18.9 Å². The molecule has 102 valence electrons. The van der Waals surface area contributed by atoms with Crippen molar-refractivity contribution >= 4 is 11.5 Å². The lowest BCUT2D eigenvalue weighted by Gasteiger charge is -2.04. The van der Waals surface area contributed by atoms with E-state index in [4.69, 9.17) is 5.26 Å². The topological polar surface area (TPSA) is 78.9 Å². The first-order chi connectivity index (χ1) is 10.3. The molecule has 1 aromatic carbocycles. The Morgan fingerprint density at radius 3 is 2.90 bits per heavy atom. The van der Waals surface area contributed by atoms with Gasteiger partial charge in [0.1, 0.15) is 5.82 Å². The molecule has 1 aliphatic rings. The highest BCUT2D eigenvalue weighted by molar-refractivity contribution is 5.61. The SMILES string of the molecule is N#Cc1cccc(-c2nnc3ccc(NC4CC4)nn23)c1. The average Bonchev–Trinajstić information content (AvgIpc) is 3.24.